The lowest BCUT2D eigenvalue weighted by molar-refractivity contribution is -0.150. The van der Waals surface area contributed by atoms with Crippen molar-refractivity contribution in [3.05, 3.63) is 63.4 Å². The van der Waals surface area contributed by atoms with E-state index in [-0.39, 0.29) is 19.0 Å². The normalized spacial score (nSPS) is 25.9. The molecule has 13 nitrogen and oxygen atoms in total. The summed E-state index contributed by atoms with van der Waals surface area (Å²) in [4.78, 5) is 38.0. The van der Waals surface area contributed by atoms with Crippen molar-refractivity contribution in [2.75, 3.05) is 26.9 Å². The second kappa shape index (κ2) is 13.3. The molecule has 39 heavy (non-hydrogen) atoms. The molecule has 3 N–H and O–H groups in total. The topological polar surface area (TPSA) is 167 Å². The lowest BCUT2D eigenvalue weighted by atomic mass is 9.79. The van der Waals surface area contributed by atoms with Gasteiger partial charge in [0.1, 0.15) is 26.3 Å². The maximum absolute atomic E-state index is 13.8. The van der Waals surface area contributed by atoms with E-state index in [2.05, 4.69) is 10.1 Å². The minimum atomic E-state index is -4.14. The number of hydrogen-bond donors (Lipinski definition) is 3. The Bertz CT molecular complexity index is 1280. The maximum atomic E-state index is 13.8. The van der Waals surface area contributed by atoms with Crippen LogP contribution in [0.4, 0.5) is 0 Å². The SMILES string of the molecule is B[C@]1(Cl)[C@H](O)[C@@H](COP(=O)(N[C@@H](C)COC(=O)C(C)COC)Oc2ccccc2)O[C@H]1n1ccc(=O)[nH]c1=O. The molecule has 0 aliphatic carbocycles. The van der Waals surface area contributed by atoms with E-state index in [4.69, 9.17) is 34.9 Å². The van der Waals surface area contributed by atoms with Crippen molar-refractivity contribution in [3.8, 4) is 5.75 Å². The van der Waals surface area contributed by atoms with E-state index < -0.39 is 66.7 Å². The Morgan fingerprint density at radius 3 is 2.62 bits per heavy atom. The number of carbonyl (C=O) groups excluding carboxylic acids is 1. The predicted molar refractivity (Wildman–Crippen MR) is 144 cm³/mol. The Balaban J connectivity index is 1.73. The van der Waals surface area contributed by atoms with E-state index in [0.29, 0.717) is 0 Å². The molecule has 2 aromatic rings. The molecule has 1 fully saturated rings. The summed E-state index contributed by atoms with van der Waals surface area (Å²) < 4.78 is 40.6. The second-order valence-electron chi connectivity index (χ2n) is 9.35. The van der Waals surface area contributed by atoms with Crippen LogP contribution >= 0.6 is 19.3 Å². The molecule has 3 rings (SSSR count). The first-order chi connectivity index (χ1) is 18.4. The molecular formula is C23H32BClN3O10P. The number of hydrogen-bond acceptors (Lipinski definition) is 10. The Hall–Kier alpha value is -2.45. The van der Waals surface area contributed by atoms with Gasteiger partial charge >= 0.3 is 19.4 Å². The molecule has 1 aliphatic heterocycles. The van der Waals surface area contributed by atoms with Gasteiger partial charge in [0.25, 0.3) is 5.56 Å². The molecule has 16 heteroatoms. The highest BCUT2D eigenvalue weighted by atomic mass is 35.5. The number of carbonyl (C=O) groups is 1. The number of aromatic nitrogens is 2. The molecule has 1 aliphatic rings. The fraction of sp³-hybridized carbons (Fsp3) is 0.522. The van der Waals surface area contributed by atoms with E-state index >= 15 is 0 Å². The minimum Gasteiger partial charge on any atom is -0.464 e. The quantitative estimate of drug-likeness (QED) is 0.128. The highest BCUT2D eigenvalue weighted by Crippen LogP contribution is 2.47. The Labute approximate surface area is 230 Å². The van der Waals surface area contributed by atoms with E-state index in [0.717, 1.165) is 10.6 Å². The molecule has 2 heterocycles. The standard InChI is InChI=1S/C23H32BClN3O10P/c1-14(11-34-3)20(31)35-12-15(2)27-39(33,38-16-7-5-4-6-8-16)36-13-17-19(30)23(24,25)21(37-17)28-10-9-18(29)26-22(28)32/h4-10,14-15,17,19,21,30H,11-13,24H2,1-3H3,(H,27,33)(H,26,29,32)/t14?,15-,17+,19+,21+,23-,39?/m0/s1. The second-order valence-corrected chi connectivity index (χ2v) is 11.9. The van der Waals surface area contributed by atoms with Crippen LogP contribution in [0.3, 0.4) is 0 Å². The average Bonchev–Trinajstić information content (AvgIpc) is 3.10. The Morgan fingerprint density at radius 2 is 1.97 bits per heavy atom. The van der Waals surface area contributed by atoms with Crippen LogP contribution in [0, 0.1) is 5.92 Å². The molecule has 0 radical (unpaired) electrons. The van der Waals surface area contributed by atoms with Gasteiger partial charge in [-0.2, -0.15) is 0 Å². The van der Waals surface area contributed by atoms with Crippen LogP contribution in [0.25, 0.3) is 0 Å². The summed E-state index contributed by atoms with van der Waals surface area (Å²) in [6.45, 7) is 2.87. The van der Waals surface area contributed by atoms with Gasteiger partial charge in [0.05, 0.1) is 30.0 Å². The average molecular weight is 588 g/mol. The number of H-pyrrole nitrogens is 1. The molecule has 1 aromatic carbocycles. The van der Waals surface area contributed by atoms with Gasteiger partial charge in [-0.05, 0) is 26.0 Å². The summed E-state index contributed by atoms with van der Waals surface area (Å²) in [6.07, 6.45) is -2.48. The number of methoxy groups -OCH3 is 1. The van der Waals surface area contributed by atoms with Crippen molar-refractivity contribution in [2.24, 2.45) is 5.92 Å². The van der Waals surface area contributed by atoms with Gasteiger partial charge in [-0.15, -0.1) is 11.6 Å². The number of halogens is 1. The molecule has 0 spiro atoms. The van der Waals surface area contributed by atoms with Crippen LogP contribution in [0.1, 0.15) is 20.1 Å². The molecule has 7 atom stereocenters. The molecule has 0 amide bonds. The van der Waals surface area contributed by atoms with Crippen LogP contribution in [-0.4, -0.2) is 78.4 Å². The zero-order valence-electron chi connectivity index (χ0n) is 21.9. The van der Waals surface area contributed by atoms with Crippen molar-refractivity contribution in [1.29, 1.82) is 0 Å². The van der Waals surface area contributed by atoms with Crippen LogP contribution in [0.2, 0.25) is 0 Å². The first-order valence-corrected chi connectivity index (χ1v) is 14.0. The summed E-state index contributed by atoms with van der Waals surface area (Å²) >= 11 is 6.55. The number of aliphatic hydroxyl groups excluding tert-OH is 1. The molecule has 0 bridgehead atoms. The van der Waals surface area contributed by atoms with E-state index in [9.17, 15) is 24.1 Å². The highest BCUT2D eigenvalue weighted by molar-refractivity contribution is 7.52. The number of alkyl halides is 1. The number of nitrogens with zero attached hydrogens (tertiary/aromatic N) is 1. The number of esters is 1. The third-order valence-corrected chi connectivity index (χ3v) is 7.98. The van der Waals surface area contributed by atoms with Gasteiger partial charge in [0.15, 0.2) is 6.23 Å². The van der Waals surface area contributed by atoms with Gasteiger partial charge in [0, 0.05) is 25.4 Å². The zero-order valence-corrected chi connectivity index (χ0v) is 23.6. The Kier molecular flexibility index (Phi) is 10.6. The molecule has 0 saturated carbocycles. The van der Waals surface area contributed by atoms with Gasteiger partial charge in [0.2, 0.25) is 0 Å². The van der Waals surface area contributed by atoms with Crippen molar-refractivity contribution >= 4 is 33.2 Å². The Morgan fingerprint density at radius 1 is 1.28 bits per heavy atom. The van der Waals surface area contributed by atoms with Crippen LogP contribution < -0.4 is 20.9 Å². The summed E-state index contributed by atoms with van der Waals surface area (Å²) in [6, 6.07) is 8.70. The molecule has 1 aromatic heterocycles. The first-order valence-electron chi connectivity index (χ1n) is 12.1. The summed E-state index contributed by atoms with van der Waals surface area (Å²) in [5, 5.41) is 13.6. The minimum absolute atomic E-state index is 0.141. The van der Waals surface area contributed by atoms with Gasteiger partial charge in [-0.3, -0.25) is 23.7 Å². The third-order valence-electron chi connectivity index (χ3n) is 5.87. The summed E-state index contributed by atoms with van der Waals surface area (Å²) in [5.74, 6) is -0.740. The van der Waals surface area contributed by atoms with E-state index in [1.165, 1.54) is 21.2 Å². The first kappa shape index (κ1) is 31.1. The summed E-state index contributed by atoms with van der Waals surface area (Å²) in [7, 11) is -1.21. The number of ether oxygens (including phenoxy) is 3. The molecule has 214 valence electrons. The van der Waals surface area contributed by atoms with Crippen LogP contribution in [0.15, 0.2) is 52.2 Å². The zero-order chi connectivity index (χ0) is 28.8. The third kappa shape index (κ3) is 8.04. The predicted octanol–water partition coefficient (Wildman–Crippen LogP) is 0.371. The largest absolute Gasteiger partial charge is 0.464 e. The smallest absolute Gasteiger partial charge is 0.459 e. The van der Waals surface area contributed by atoms with Gasteiger partial charge in [-0.1, -0.05) is 18.2 Å². The highest BCUT2D eigenvalue weighted by Gasteiger charge is 2.53. The monoisotopic (exact) mass is 587 g/mol. The van der Waals surface area contributed by atoms with Crippen molar-refractivity contribution in [1.82, 2.24) is 14.6 Å². The lowest BCUT2D eigenvalue weighted by Crippen LogP contribution is -2.45. The van der Waals surface area contributed by atoms with Gasteiger partial charge < -0.3 is 23.8 Å². The maximum Gasteiger partial charge on any atom is 0.459 e. The van der Waals surface area contributed by atoms with Gasteiger partial charge in [-0.25, -0.2) is 14.4 Å². The lowest BCUT2D eigenvalue weighted by Gasteiger charge is -2.27. The number of nitrogens with one attached hydrogen (secondary N) is 2. The van der Waals surface area contributed by atoms with Crippen molar-refractivity contribution in [3.63, 3.8) is 0 Å². The molecule has 1 saturated heterocycles. The van der Waals surface area contributed by atoms with Crippen molar-refractivity contribution in [2.45, 2.75) is 43.1 Å². The number of benzene rings is 1. The van der Waals surface area contributed by atoms with Crippen LogP contribution in [0.5, 0.6) is 5.75 Å². The molecular weight excluding hydrogens is 556 g/mol. The van der Waals surface area contributed by atoms with E-state index in [1.807, 2.05) is 0 Å². The van der Waals surface area contributed by atoms with Crippen LogP contribution in [-0.2, 0) is 28.1 Å². The number of aromatic amines is 1. The summed E-state index contributed by atoms with van der Waals surface area (Å²) in [5.41, 5.74) is -1.39. The van der Waals surface area contributed by atoms with E-state index in [1.54, 1.807) is 44.2 Å². The fourth-order valence-corrected chi connectivity index (χ4v) is 5.65. The molecule has 2 unspecified atom stereocenters. The number of aliphatic hydroxyl groups is 1. The van der Waals surface area contributed by atoms with Crippen molar-refractivity contribution < 1.29 is 37.7 Å². The number of para-hydroxylation sites is 1. The fourth-order valence-electron chi connectivity index (χ4n) is 3.82. The number of rotatable bonds is 13.